The van der Waals surface area contributed by atoms with Crippen LogP contribution < -0.4 is 10.6 Å². The minimum absolute atomic E-state index is 0.0575. The van der Waals surface area contributed by atoms with Crippen LogP contribution in [0.3, 0.4) is 0 Å². The maximum Gasteiger partial charge on any atom is 0.408 e. The van der Waals surface area contributed by atoms with Crippen molar-refractivity contribution < 1.29 is 31.9 Å². The van der Waals surface area contributed by atoms with Crippen molar-refractivity contribution in [1.29, 1.82) is 0 Å². The number of fused-ring (bicyclic) bond motifs is 1. The Morgan fingerprint density at radius 2 is 1.96 bits per heavy atom. The Morgan fingerprint density at radius 1 is 1.30 bits per heavy atom. The highest BCUT2D eigenvalue weighted by Crippen LogP contribution is 2.67. The lowest BCUT2D eigenvalue weighted by Gasteiger charge is -2.28. The first-order valence-electron chi connectivity index (χ1n) is 8.46. The predicted molar refractivity (Wildman–Crippen MR) is 85.2 cm³/mol. The van der Waals surface area contributed by atoms with Crippen LogP contribution in [0.2, 0.25) is 5.02 Å². The average molecular weight is 407 g/mol. The zero-order chi connectivity index (χ0) is 19.5. The van der Waals surface area contributed by atoms with E-state index < -0.39 is 64.5 Å². The second-order valence-electron chi connectivity index (χ2n) is 7.14. The quantitative estimate of drug-likeness (QED) is 0.596. The Labute approximate surface area is 156 Å². The number of carbonyl (C=O) groups excluding carboxylic acids is 2. The molecule has 1 aliphatic heterocycles. The Hall–Kier alpha value is -2.03. The van der Waals surface area contributed by atoms with Crippen molar-refractivity contribution in [2.45, 2.75) is 30.9 Å². The van der Waals surface area contributed by atoms with Crippen LogP contribution in [0.1, 0.15) is 24.4 Å². The molecule has 3 unspecified atom stereocenters. The summed E-state index contributed by atoms with van der Waals surface area (Å²) >= 11 is 5.64. The summed E-state index contributed by atoms with van der Waals surface area (Å²) in [4.78, 5) is 23.5. The van der Waals surface area contributed by atoms with Crippen LogP contribution in [-0.4, -0.2) is 30.6 Å². The van der Waals surface area contributed by atoms with E-state index in [9.17, 15) is 27.2 Å². The molecule has 0 aromatic heterocycles. The Bertz CT molecular complexity index is 808. The number of halogens is 5. The minimum atomic E-state index is -2.73. The molecule has 2 saturated carbocycles. The number of hydrogen-bond donors (Lipinski definition) is 2. The van der Waals surface area contributed by atoms with Crippen LogP contribution in [0.25, 0.3) is 0 Å². The fourth-order valence-corrected chi connectivity index (χ4v) is 4.31. The maximum atomic E-state index is 14.5. The normalized spacial score (nSPS) is 31.7. The molecule has 5 nitrogen and oxygen atoms in total. The maximum absolute atomic E-state index is 14.5. The minimum Gasteiger partial charge on any atom is -0.434 e. The van der Waals surface area contributed by atoms with Crippen molar-refractivity contribution in [1.82, 2.24) is 10.6 Å². The van der Waals surface area contributed by atoms with Crippen LogP contribution in [0.15, 0.2) is 12.1 Å². The van der Waals surface area contributed by atoms with E-state index in [1.54, 1.807) is 0 Å². The topological polar surface area (TPSA) is 67.4 Å². The van der Waals surface area contributed by atoms with Crippen LogP contribution in [0, 0.1) is 29.4 Å². The van der Waals surface area contributed by atoms with Gasteiger partial charge in [-0.2, -0.15) is 0 Å². The number of nitrogens with one attached hydrogen (secondary N) is 2. The number of carbonyl (C=O) groups is 2. The third-order valence-corrected chi connectivity index (χ3v) is 5.97. The van der Waals surface area contributed by atoms with Crippen LogP contribution >= 0.6 is 11.6 Å². The van der Waals surface area contributed by atoms with Gasteiger partial charge in [0.05, 0.1) is 12.6 Å². The summed E-state index contributed by atoms with van der Waals surface area (Å²) in [6.07, 6.45) is -1.68. The fraction of sp³-hybridized carbons (Fsp3) is 0.529. The lowest BCUT2D eigenvalue weighted by Crippen LogP contribution is -2.42. The Kier molecular flexibility index (Phi) is 4.25. The third-order valence-electron chi connectivity index (χ3n) is 5.62. The van der Waals surface area contributed by atoms with Gasteiger partial charge in [-0.05, 0) is 24.8 Å². The Balaban J connectivity index is 1.59. The highest BCUT2D eigenvalue weighted by atomic mass is 35.5. The summed E-state index contributed by atoms with van der Waals surface area (Å²) in [7, 11) is 0. The van der Waals surface area contributed by atoms with Gasteiger partial charge in [0.1, 0.15) is 16.7 Å². The van der Waals surface area contributed by atoms with E-state index in [4.69, 9.17) is 16.3 Å². The molecule has 0 radical (unpaired) electrons. The van der Waals surface area contributed by atoms with E-state index in [2.05, 4.69) is 10.6 Å². The fourth-order valence-electron chi connectivity index (χ4n) is 4.14. The third kappa shape index (κ3) is 3.01. The number of alkyl carbamates (subject to hydrolysis) is 1. The molecule has 2 amide bonds. The number of ether oxygens (including phenoxy) is 1. The SMILES string of the molecule is O=C1NC[C@@H](C(=O)NC(c2ccc(F)c(Cl)c2F)C2CC3[C@@H](C2)C3(F)F)O1. The van der Waals surface area contributed by atoms with E-state index in [1.165, 1.54) is 0 Å². The number of amides is 2. The number of cyclic esters (lactones) is 1. The molecule has 1 aromatic rings. The van der Waals surface area contributed by atoms with Gasteiger partial charge in [0, 0.05) is 17.4 Å². The van der Waals surface area contributed by atoms with E-state index in [1.807, 2.05) is 0 Å². The average Bonchev–Trinajstić information content (AvgIpc) is 3.05. The van der Waals surface area contributed by atoms with Crippen LogP contribution in [0.5, 0.6) is 0 Å². The monoisotopic (exact) mass is 406 g/mol. The molecule has 5 atom stereocenters. The summed E-state index contributed by atoms with van der Waals surface area (Å²) in [6, 6.07) is 1.11. The molecule has 0 spiro atoms. The molecule has 2 N–H and O–H groups in total. The highest BCUT2D eigenvalue weighted by Gasteiger charge is 2.72. The summed E-state index contributed by atoms with van der Waals surface area (Å²) in [5, 5.41) is 4.16. The molecule has 10 heteroatoms. The Morgan fingerprint density at radius 3 is 2.56 bits per heavy atom. The summed E-state index contributed by atoms with van der Waals surface area (Å²) in [5.74, 6) is -7.49. The molecule has 27 heavy (non-hydrogen) atoms. The largest absolute Gasteiger partial charge is 0.434 e. The smallest absolute Gasteiger partial charge is 0.408 e. The van der Waals surface area contributed by atoms with Crippen molar-refractivity contribution in [3.8, 4) is 0 Å². The molecule has 3 aliphatic rings. The first-order valence-corrected chi connectivity index (χ1v) is 8.84. The van der Waals surface area contributed by atoms with Gasteiger partial charge in [-0.1, -0.05) is 17.7 Å². The summed E-state index contributed by atoms with van der Waals surface area (Å²) < 4.78 is 59.9. The van der Waals surface area contributed by atoms with Gasteiger partial charge in [0.15, 0.2) is 6.10 Å². The van der Waals surface area contributed by atoms with Crippen molar-refractivity contribution in [3.05, 3.63) is 34.4 Å². The highest BCUT2D eigenvalue weighted by molar-refractivity contribution is 6.31. The lowest BCUT2D eigenvalue weighted by molar-refractivity contribution is -0.129. The second-order valence-corrected chi connectivity index (χ2v) is 7.52. The van der Waals surface area contributed by atoms with Crippen LogP contribution in [0.4, 0.5) is 22.4 Å². The molecule has 2 aliphatic carbocycles. The van der Waals surface area contributed by atoms with Gasteiger partial charge in [0.2, 0.25) is 0 Å². The van der Waals surface area contributed by atoms with Crippen LogP contribution in [-0.2, 0) is 9.53 Å². The number of hydrogen-bond acceptors (Lipinski definition) is 3. The second kappa shape index (κ2) is 6.25. The van der Waals surface area contributed by atoms with Gasteiger partial charge in [0.25, 0.3) is 11.8 Å². The van der Waals surface area contributed by atoms with Gasteiger partial charge in [-0.3, -0.25) is 4.79 Å². The molecule has 1 aromatic carbocycles. The number of rotatable bonds is 4. The van der Waals surface area contributed by atoms with Gasteiger partial charge in [-0.15, -0.1) is 0 Å². The lowest BCUT2D eigenvalue weighted by atomic mass is 9.88. The molecule has 1 saturated heterocycles. The van der Waals surface area contributed by atoms with E-state index >= 15 is 0 Å². The number of alkyl halides is 2. The van der Waals surface area contributed by atoms with Crippen molar-refractivity contribution in [3.63, 3.8) is 0 Å². The first-order chi connectivity index (χ1) is 12.7. The zero-order valence-electron chi connectivity index (χ0n) is 13.8. The molecule has 4 rings (SSSR count). The molecule has 1 heterocycles. The van der Waals surface area contributed by atoms with Gasteiger partial charge >= 0.3 is 6.09 Å². The molecule has 0 bridgehead atoms. The molecular weight excluding hydrogens is 392 g/mol. The number of benzene rings is 1. The summed E-state index contributed by atoms with van der Waals surface area (Å²) in [6.45, 7) is -0.0575. The van der Waals surface area contributed by atoms with Gasteiger partial charge < -0.3 is 15.4 Å². The first kappa shape index (κ1) is 18.3. The molecule has 146 valence electrons. The van der Waals surface area contributed by atoms with Crippen molar-refractivity contribution in [2.75, 3.05) is 6.54 Å². The molecule has 3 fully saturated rings. The zero-order valence-corrected chi connectivity index (χ0v) is 14.5. The predicted octanol–water partition coefficient (Wildman–Crippen LogP) is 3.18. The summed E-state index contributed by atoms with van der Waals surface area (Å²) in [5.41, 5.74) is -0.0818. The standard InChI is InChI=1S/C17H15ClF4N2O3/c18-12-10(19)2-1-7(13(12)20)14(6-3-8-9(4-6)17(8,21)22)24-15(25)11-5-23-16(26)27-11/h1-2,6,8-9,11,14H,3-5H2,(H,23,26)(H,24,25)/t6?,8-,9?,11+,14?/m1/s1. The van der Waals surface area contributed by atoms with E-state index in [-0.39, 0.29) is 24.9 Å². The van der Waals surface area contributed by atoms with Crippen molar-refractivity contribution >= 4 is 23.6 Å². The van der Waals surface area contributed by atoms with E-state index in [0.717, 1.165) is 12.1 Å². The molecular formula is C17H15ClF4N2O3. The van der Waals surface area contributed by atoms with Gasteiger partial charge in [-0.25, -0.2) is 22.4 Å². The van der Waals surface area contributed by atoms with Crippen molar-refractivity contribution in [2.24, 2.45) is 17.8 Å². The van der Waals surface area contributed by atoms with E-state index in [0.29, 0.717) is 0 Å².